The minimum Gasteiger partial charge on any atom is -0.354 e. The molecule has 0 saturated carbocycles. The molecule has 0 aliphatic rings. The van der Waals surface area contributed by atoms with E-state index in [-0.39, 0.29) is 17.6 Å². The molecule has 0 spiro atoms. The van der Waals surface area contributed by atoms with Crippen molar-refractivity contribution in [2.75, 3.05) is 19.6 Å². The van der Waals surface area contributed by atoms with E-state index in [1.807, 2.05) is 31.2 Å². The van der Waals surface area contributed by atoms with E-state index in [0.717, 1.165) is 11.1 Å². The number of carbonyl (C=O) groups excluding carboxylic acids is 2. The first kappa shape index (κ1) is 19.6. The lowest BCUT2D eigenvalue weighted by Crippen LogP contribution is -2.39. The van der Waals surface area contributed by atoms with Crippen molar-refractivity contribution in [1.82, 2.24) is 10.2 Å². The summed E-state index contributed by atoms with van der Waals surface area (Å²) in [6.07, 6.45) is 0.764. The third kappa shape index (κ3) is 6.31. The zero-order valence-corrected chi connectivity index (χ0v) is 15.3. The summed E-state index contributed by atoms with van der Waals surface area (Å²) in [6.45, 7) is 4.67. The van der Waals surface area contributed by atoms with E-state index in [1.165, 1.54) is 13.0 Å². The maximum atomic E-state index is 13.7. The number of nitrogens with zero attached hydrogens (tertiary/aromatic N) is 1. The van der Waals surface area contributed by atoms with Crippen molar-refractivity contribution in [3.8, 4) is 0 Å². The fourth-order valence-corrected chi connectivity index (χ4v) is 2.78. The Hall–Kier alpha value is -2.69. The minimum atomic E-state index is -0.262. The van der Waals surface area contributed by atoms with Crippen LogP contribution in [-0.4, -0.2) is 36.3 Å². The second-order valence-corrected chi connectivity index (χ2v) is 6.36. The van der Waals surface area contributed by atoms with E-state index < -0.39 is 0 Å². The van der Waals surface area contributed by atoms with Crippen molar-refractivity contribution in [2.45, 2.75) is 26.7 Å². The number of nitrogens with one attached hydrogen (secondary N) is 1. The molecular weight excluding hydrogens is 331 g/mol. The Morgan fingerprint density at radius 1 is 1.08 bits per heavy atom. The van der Waals surface area contributed by atoms with Gasteiger partial charge < -0.3 is 10.2 Å². The van der Waals surface area contributed by atoms with Gasteiger partial charge in [-0.25, -0.2) is 4.39 Å². The smallest absolute Gasteiger partial charge is 0.224 e. The summed E-state index contributed by atoms with van der Waals surface area (Å²) in [5, 5.41) is 2.84. The lowest BCUT2D eigenvalue weighted by molar-refractivity contribution is -0.129. The molecule has 1 N–H and O–H groups in total. The summed E-state index contributed by atoms with van der Waals surface area (Å²) in [4.78, 5) is 25.4. The van der Waals surface area contributed by atoms with Crippen LogP contribution in [0.4, 0.5) is 4.39 Å². The molecule has 2 aromatic carbocycles. The molecule has 0 aliphatic carbocycles. The largest absolute Gasteiger partial charge is 0.354 e. The molecule has 0 saturated heterocycles. The van der Waals surface area contributed by atoms with Crippen LogP contribution in [-0.2, 0) is 22.4 Å². The van der Waals surface area contributed by atoms with Crippen molar-refractivity contribution in [3.63, 3.8) is 0 Å². The van der Waals surface area contributed by atoms with Crippen LogP contribution in [0.3, 0.4) is 0 Å². The molecule has 138 valence electrons. The SMILES string of the molecule is CC(=O)N(CCNC(=O)Cc1cccc(C)c1)CCc1ccccc1F. The average molecular weight is 356 g/mol. The second kappa shape index (κ2) is 9.70. The van der Waals surface area contributed by atoms with Crippen LogP contribution in [0.5, 0.6) is 0 Å². The number of halogens is 1. The third-order valence-corrected chi connectivity index (χ3v) is 4.21. The number of rotatable bonds is 8. The highest BCUT2D eigenvalue weighted by atomic mass is 19.1. The minimum absolute atomic E-state index is 0.0757. The summed E-state index contributed by atoms with van der Waals surface area (Å²) in [5.41, 5.74) is 2.67. The van der Waals surface area contributed by atoms with Gasteiger partial charge in [-0.05, 0) is 30.5 Å². The van der Waals surface area contributed by atoms with Crippen molar-refractivity contribution < 1.29 is 14.0 Å². The Kier molecular flexibility index (Phi) is 7.33. The van der Waals surface area contributed by atoms with Crippen molar-refractivity contribution >= 4 is 11.8 Å². The zero-order chi connectivity index (χ0) is 18.9. The van der Waals surface area contributed by atoms with Crippen LogP contribution in [0, 0.1) is 12.7 Å². The quantitative estimate of drug-likeness (QED) is 0.791. The van der Waals surface area contributed by atoms with Gasteiger partial charge in [-0.2, -0.15) is 0 Å². The number of benzene rings is 2. The van der Waals surface area contributed by atoms with Crippen LogP contribution in [0.1, 0.15) is 23.6 Å². The van der Waals surface area contributed by atoms with Gasteiger partial charge in [-0.15, -0.1) is 0 Å². The van der Waals surface area contributed by atoms with E-state index in [0.29, 0.717) is 38.0 Å². The summed E-state index contributed by atoms with van der Waals surface area (Å²) < 4.78 is 13.7. The molecule has 5 heteroatoms. The molecule has 2 aromatic rings. The van der Waals surface area contributed by atoms with Crippen molar-refractivity contribution in [1.29, 1.82) is 0 Å². The van der Waals surface area contributed by atoms with Gasteiger partial charge in [0.15, 0.2) is 0 Å². The predicted molar refractivity (Wildman–Crippen MR) is 100 cm³/mol. The molecule has 0 aliphatic heterocycles. The summed E-state index contributed by atoms with van der Waals surface area (Å²) in [5.74, 6) is -0.426. The number of amides is 2. The van der Waals surface area contributed by atoms with Gasteiger partial charge in [0.25, 0.3) is 0 Å². The molecule has 26 heavy (non-hydrogen) atoms. The molecule has 0 heterocycles. The number of hydrogen-bond acceptors (Lipinski definition) is 2. The topological polar surface area (TPSA) is 49.4 Å². The lowest BCUT2D eigenvalue weighted by Gasteiger charge is -2.21. The Labute approximate surface area is 154 Å². The highest BCUT2D eigenvalue weighted by molar-refractivity contribution is 5.78. The van der Waals surface area contributed by atoms with E-state index in [1.54, 1.807) is 23.1 Å². The Morgan fingerprint density at radius 2 is 1.85 bits per heavy atom. The molecule has 0 fully saturated rings. The van der Waals surface area contributed by atoms with Gasteiger partial charge in [-0.1, -0.05) is 48.0 Å². The van der Waals surface area contributed by atoms with Crippen LogP contribution in [0.2, 0.25) is 0 Å². The molecule has 0 aromatic heterocycles. The van der Waals surface area contributed by atoms with E-state index in [4.69, 9.17) is 0 Å². The summed E-state index contributed by atoms with van der Waals surface area (Å²) >= 11 is 0. The zero-order valence-electron chi connectivity index (χ0n) is 15.3. The van der Waals surface area contributed by atoms with Gasteiger partial charge in [0.1, 0.15) is 5.82 Å². The van der Waals surface area contributed by atoms with Crippen molar-refractivity contribution in [2.24, 2.45) is 0 Å². The molecular formula is C21H25FN2O2. The molecule has 0 radical (unpaired) electrons. The van der Waals surface area contributed by atoms with Gasteiger partial charge in [0.05, 0.1) is 6.42 Å². The number of carbonyl (C=O) groups is 2. The van der Waals surface area contributed by atoms with Gasteiger partial charge in [0.2, 0.25) is 11.8 Å². The predicted octanol–water partition coefficient (Wildman–Crippen LogP) is 2.88. The molecule has 2 rings (SSSR count). The van der Waals surface area contributed by atoms with E-state index >= 15 is 0 Å². The Morgan fingerprint density at radius 3 is 2.54 bits per heavy atom. The molecule has 0 bridgehead atoms. The van der Waals surface area contributed by atoms with E-state index in [2.05, 4.69) is 5.32 Å². The first-order valence-electron chi connectivity index (χ1n) is 8.77. The standard InChI is InChI=1S/C21H25FN2O2/c1-16-6-5-7-18(14-16)15-21(26)23-11-13-24(17(2)25)12-10-19-8-3-4-9-20(19)22/h3-9,14H,10-13,15H2,1-2H3,(H,23,26). The van der Waals surface area contributed by atoms with Gasteiger partial charge in [0, 0.05) is 26.6 Å². The first-order chi connectivity index (χ1) is 12.5. The molecule has 4 nitrogen and oxygen atoms in total. The van der Waals surface area contributed by atoms with Crippen LogP contribution >= 0.6 is 0 Å². The maximum Gasteiger partial charge on any atom is 0.224 e. The number of aryl methyl sites for hydroxylation is 1. The molecule has 0 atom stereocenters. The average Bonchev–Trinajstić information content (AvgIpc) is 2.59. The lowest BCUT2D eigenvalue weighted by atomic mass is 10.1. The normalized spacial score (nSPS) is 10.4. The molecule has 0 unspecified atom stereocenters. The molecule has 2 amide bonds. The fourth-order valence-electron chi connectivity index (χ4n) is 2.78. The monoisotopic (exact) mass is 356 g/mol. The van der Waals surface area contributed by atoms with Crippen LogP contribution in [0.25, 0.3) is 0 Å². The summed E-state index contributed by atoms with van der Waals surface area (Å²) in [6, 6.07) is 14.4. The highest BCUT2D eigenvalue weighted by Crippen LogP contribution is 2.08. The summed E-state index contributed by atoms with van der Waals surface area (Å²) in [7, 11) is 0. The van der Waals surface area contributed by atoms with Crippen LogP contribution < -0.4 is 5.32 Å². The Balaban J connectivity index is 1.78. The van der Waals surface area contributed by atoms with Crippen LogP contribution in [0.15, 0.2) is 48.5 Å². The highest BCUT2D eigenvalue weighted by Gasteiger charge is 2.11. The first-order valence-corrected chi connectivity index (χ1v) is 8.77. The van der Waals surface area contributed by atoms with Gasteiger partial charge >= 0.3 is 0 Å². The third-order valence-electron chi connectivity index (χ3n) is 4.21. The van der Waals surface area contributed by atoms with Crippen molar-refractivity contribution in [3.05, 3.63) is 71.0 Å². The van der Waals surface area contributed by atoms with E-state index in [9.17, 15) is 14.0 Å². The fraction of sp³-hybridized carbons (Fsp3) is 0.333. The second-order valence-electron chi connectivity index (χ2n) is 6.36. The van der Waals surface area contributed by atoms with Gasteiger partial charge in [-0.3, -0.25) is 9.59 Å². The maximum absolute atomic E-state index is 13.7. The Bertz CT molecular complexity index is 761. The number of hydrogen-bond donors (Lipinski definition) is 1.